The second kappa shape index (κ2) is 6.74. The van der Waals surface area contributed by atoms with Gasteiger partial charge in [0.05, 0.1) is 11.1 Å². The SMILES string of the molecule is Cc1cc(=NC(=O)c2cccc(C(F)(F)F)c2F)n(CC2CCC2)n1C. The highest BCUT2D eigenvalue weighted by Gasteiger charge is 2.35. The Hall–Kier alpha value is -2.38. The van der Waals surface area contributed by atoms with Gasteiger partial charge in [0.2, 0.25) is 0 Å². The molecule has 1 heterocycles. The Kier molecular flexibility index (Phi) is 4.77. The maximum Gasteiger partial charge on any atom is 0.419 e. The van der Waals surface area contributed by atoms with Gasteiger partial charge in [-0.05, 0) is 37.8 Å². The minimum absolute atomic E-state index is 0.318. The molecule has 3 rings (SSSR count). The van der Waals surface area contributed by atoms with Gasteiger partial charge in [-0.3, -0.25) is 14.2 Å². The van der Waals surface area contributed by atoms with Crippen LogP contribution in [0.5, 0.6) is 0 Å². The third-order valence-corrected chi connectivity index (χ3v) is 4.88. The molecular weight excluding hydrogens is 350 g/mol. The highest BCUT2D eigenvalue weighted by molar-refractivity contribution is 5.95. The lowest BCUT2D eigenvalue weighted by molar-refractivity contribution is -0.140. The van der Waals surface area contributed by atoms with E-state index < -0.39 is 29.0 Å². The molecule has 0 saturated heterocycles. The zero-order chi connectivity index (χ0) is 19.1. The highest BCUT2D eigenvalue weighted by atomic mass is 19.4. The van der Waals surface area contributed by atoms with Crippen molar-refractivity contribution in [3.05, 3.63) is 52.4 Å². The van der Waals surface area contributed by atoms with E-state index in [4.69, 9.17) is 0 Å². The first-order chi connectivity index (χ1) is 12.2. The van der Waals surface area contributed by atoms with Crippen LogP contribution >= 0.6 is 0 Å². The zero-order valence-corrected chi connectivity index (χ0v) is 14.5. The third kappa shape index (κ3) is 3.45. The molecule has 8 heteroatoms. The van der Waals surface area contributed by atoms with Crippen molar-refractivity contribution in [3.8, 4) is 0 Å². The Morgan fingerprint density at radius 3 is 2.58 bits per heavy atom. The molecule has 0 spiro atoms. The summed E-state index contributed by atoms with van der Waals surface area (Å²) in [7, 11) is 1.82. The quantitative estimate of drug-likeness (QED) is 0.758. The van der Waals surface area contributed by atoms with Crippen molar-refractivity contribution in [2.75, 3.05) is 0 Å². The number of halogens is 4. The van der Waals surface area contributed by atoms with Crippen molar-refractivity contribution in [3.63, 3.8) is 0 Å². The van der Waals surface area contributed by atoms with Crippen LogP contribution in [0.15, 0.2) is 29.3 Å². The Morgan fingerprint density at radius 2 is 2.00 bits per heavy atom. The van der Waals surface area contributed by atoms with Gasteiger partial charge in [-0.2, -0.15) is 18.2 Å². The number of alkyl halides is 3. The molecule has 1 aromatic heterocycles. The van der Waals surface area contributed by atoms with Gasteiger partial charge in [0.15, 0.2) is 5.49 Å². The van der Waals surface area contributed by atoms with E-state index in [0.29, 0.717) is 24.0 Å². The molecule has 0 unspecified atom stereocenters. The summed E-state index contributed by atoms with van der Waals surface area (Å²) in [6.45, 7) is 2.51. The lowest BCUT2D eigenvalue weighted by atomic mass is 9.85. The van der Waals surface area contributed by atoms with Crippen molar-refractivity contribution in [2.45, 2.75) is 38.9 Å². The van der Waals surface area contributed by atoms with E-state index in [0.717, 1.165) is 37.1 Å². The molecule has 1 amide bonds. The third-order valence-electron chi connectivity index (χ3n) is 4.88. The molecule has 26 heavy (non-hydrogen) atoms. The standard InChI is InChI=1S/C18H19F4N3O/c1-11-9-15(25(24(11)2)10-12-5-3-6-12)23-17(26)13-7-4-8-14(16(13)19)18(20,21)22/h4,7-9,12H,3,5-6,10H2,1-2H3. The number of nitrogens with zero attached hydrogens (tertiary/aromatic N) is 3. The summed E-state index contributed by atoms with van der Waals surface area (Å²) in [5.41, 5.74) is -0.985. The molecule has 1 saturated carbocycles. The fraction of sp³-hybridized carbons (Fsp3) is 0.444. The second-order valence-corrected chi connectivity index (χ2v) is 6.63. The Labute approximate surface area is 147 Å². The maximum absolute atomic E-state index is 14.2. The first-order valence-electron chi connectivity index (χ1n) is 8.36. The number of aromatic nitrogens is 2. The Morgan fingerprint density at radius 1 is 1.31 bits per heavy atom. The second-order valence-electron chi connectivity index (χ2n) is 6.63. The Balaban J connectivity index is 2.01. The summed E-state index contributed by atoms with van der Waals surface area (Å²) in [6, 6.07) is 4.30. The van der Waals surface area contributed by atoms with E-state index in [1.165, 1.54) is 0 Å². The zero-order valence-electron chi connectivity index (χ0n) is 14.5. The first kappa shape index (κ1) is 18.4. The predicted octanol–water partition coefficient (Wildman–Crippen LogP) is 3.83. The van der Waals surface area contributed by atoms with Crippen molar-refractivity contribution < 1.29 is 22.4 Å². The van der Waals surface area contributed by atoms with Gasteiger partial charge >= 0.3 is 6.18 Å². The summed E-state index contributed by atoms with van der Waals surface area (Å²) < 4.78 is 56.3. The highest BCUT2D eigenvalue weighted by Crippen LogP contribution is 2.32. The van der Waals surface area contributed by atoms with Gasteiger partial charge in [0.1, 0.15) is 5.82 Å². The number of carbonyl (C=O) groups excluding carboxylic acids is 1. The van der Waals surface area contributed by atoms with Crippen LogP contribution in [0.4, 0.5) is 17.6 Å². The van der Waals surface area contributed by atoms with E-state index in [-0.39, 0.29) is 0 Å². The number of carbonyl (C=O) groups is 1. The summed E-state index contributed by atoms with van der Waals surface area (Å²) in [4.78, 5) is 16.3. The molecule has 0 N–H and O–H groups in total. The van der Waals surface area contributed by atoms with E-state index in [9.17, 15) is 22.4 Å². The van der Waals surface area contributed by atoms with E-state index in [1.807, 2.05) is 23.3 Å². The summed E-state index contributed by atoms with van der Waals surface area (Å²) in [6.07, 6.45) is -1.52. The van der Waals surface area contributed by atoms with Crippen LogP contribution in [0, 0.1) is 18.7 Å². The molecule has 140 valence electrons. The molecule has 1 fully saturated rings. The van der Waals surface area contributed by atoms with E-state index in [2.05, 4.69) is 4.99 Å². The first-order valence-corrected chi connectivity index (χ1v) is 8.36. The van der Waals surface area contributed by atoms with Crippen LogP contribution in [0.2, 0.25) is 0 Å². The molecule has 4 nitrogen and oxygen atoms in total. The number of aryl methyl sites for hydroxylation is 1. The molecule has 0 atom stereocenters. The molecule has 2 aromatic rings. The molecule has 0 bridgehead atoms. The summed E-state index contributed by atoms with van der Waals surface area (Å²) in [5.74, 6) is -2.13. The van der Waals surface area contributed by atoms with Gasteiger partial charge in [0.25, 0.3) is 5.91 Å². The normalized spacial score (nSPS) is 16.0. The minimum Gasteiger partial charge on any atom is -0.291 e. The van der Waals surface area contributed by atoms with Gasteiger partial charge < -0.3 is 0 Å². The maximum atomic E-state index is 14.2. The summed E-state index contributed by atoms with van der Waals surface area (Å²) in [5, 5.41) is 0. The predicted molar refractivity (Wildman–Crippen MR) is 86.8 cm³/mol. The van der Waals surface area contributed by atoms with Crippen LogP contribution in [-0.2, 0) is 19.8 Å². The number of hydrogen-bond acceptors (Lipinski definition) is 1. The average Bonchev–Trinajstić information content (AvgIpc) is 2.76. The molecular formula is C18H19F4N3O. The molecule has 1 aliphatic rings. The van der Waals surface area contributed by atoms with Crippen LogP contribution < -0.4 is 5.49 Å². The minimum atomic E-state index is -4.87. The molecule has 1 aromatic carbocycles. The van der Waals surface area contributed by atoms with Crippen LogP contribution in [0.1, 0.15) is 40.9 Å². The number of benzene rings is 1. The number of amides is 1. The smallest absolute Gasteiger partial charge is 0.291 e. The average molecular weight is 369 g/mol. The monoisotopic (exact) mass is 369 g/mol. The molecule has 1 aliphatic carbocycles. The number of hydrogen-bond donors (Lipinski definition) is 0. The van der Waals surface area contributed by atoms with Gasteiger partial charge in [0, 0.05) is 25.4 Å². The fourth-order valence-corrected chi connectivity index (χ4v) is 3.01. The van der Waals surface area contributed by atoms with Crippen molar-refractivity contribution in [1.29, 1.82) is 0 Å². The lowest BCUT2D eigenvalue weighted by Gasteiger charge is -2.26. The Bertz CT molecular complexity index is 904. The van der Waals surface area contributed by atoms with Crippen LogP contribution in [-0.4, -0.2) is 15.3 Å². The van der Waals surface area contributed by atoms with Crippen LogP contribution in [0.25, 0.3) is 0 Å². The number of rotatable bonds is 3. The largest absolute Gasteiger partial charge is 0.419 e. The van der Waals surface area contributed by atoms with Crippen molar-refractivity contribution in [1.82, 2.24) is 9.36 Å². The van der Waals surface area contributed by atoms with E-state index >= 15 is 0 Å². The fourth-order valence-electron chi connectivity index (χ4n) is 3.01. The lowest BCUT2D eigenvalue weighted by Crippen LogP contribution is -2.30. The van der Waals surface area contributed by atoms with Crippen LogP contribution in [0.3, 0.4) is 0 Å². The summed E-state index contributed by atoms with van der Waals surface area (Å²) >= 11 is 0. The van der Waals surface area contributed by atoms with Gasteiger partial charge in [-0.15, -0.1) is 0 Å². The van der Waals surface area contributed by atoms with Gasteiger partial charge in [-0.25, -0.2) is 4.39 Å². The van der Waals surface area contributed by atoms with E-state index in [1.54, 1.807) is 6.07 Å². The van der Waals surface area contributed by atoms with Gasteiger partial charge in [-0.1, -0.05) is 12.5 Å². The topological polar surface area (TPSA) is 39.3 Å². The molecule has 0 radical (unpaired) electrons. The molecule has 0 aliphatic heterocycles. The van der Waals surface area contributed by atoms with Crippen molar-refractivity contribution >= 4 is 5.91 Å². The van der Waals surface area contributed by atoms with Crippen molar-refractivity contribution in [2.24, 2.45) is 18.0 Å².